The van der Waals surface area contributed by atoms with Gasteiger partial charge in [0.2, 0.25) is 5.95 Å². The van der Waals surface area contributed by atoms with Gasteiger partial charge >= 0.3 is 0 Å². The van der Waals surface area contributed by atoms with E-state index < -0.39 is 0 Å². The van der Waals surface area contributed by atoms with Gasteiger partial charge in [0.15, 0.2) is 11.6 Å². The Balaban J connectivity index is 1.59. The molecule has 0 spiro atoms. The van der Waals surface area contributed by atoms with E-state index in [1.807, 2.05) is 29.7 Å². The molecule has 0 aromatic carbocycles. The minimum absolute atomic E-state index is 0.622. The van der Waals surface area contributed by atoms with E-state index in [1.165, 1.54) is 0 Å². The molecule has 134 valence electrons. The molecule has 4 aromatic heterocycles. The third-order valence-electron chi connectivity index (χ3n) is 4.54. The van der Waals surface area contributed by atoms with Crippen LogP contribution in [-0.2, 0) is 13.1 Å². The highest BCUT2D eigenvalue weighted by atomic mass is 16.5. The van der Waals surface area contributed by atoms with Crippen LogP contribution in [-0.4, -0.2) is 41.4 Å². The van der Waals surface area contributed by atoms with Crippen LogP contribution in [0.2, 0.25) is 0 Å². The quantitative estimate of drug-likeness (QED) is 0.548. The molecule has 0 saturated heterocycles. The number of pyridine rings is 1. The highest BCUT2D eigenvalue weighted by Crippen LogP contribution is 2.32. The average molecular weight is 360 g/mol. The van der Waals surface area contributed by atoms with Crippen LogP contribution in [0.3, 0.4) is 0 Å². The lowest BCUT2D eigenvalue weighted by Gasteiger charge is -2.27. The molecule has 27 heavy (non-hydrogen) atoms. The lowest BCUT2D eigenvalue weighted by molar-refractivity contribution is 0.427. The van der Waals surface area contributed by atoms with Crippen LogP contribution in [0, 0.1) is 6.92 Å². The predicted octanol–water partition coefficient (Wildman–Crippen LogP) is 2.11. The predicted molar refractivity (Wildman–Crippen MR) is 96.6 cm³/mol. The number of aromatic nitrogens is 7. The molecule has 0 N–H and O–H groups in total. The van der Waals surface area contributed by atoms with E-state index >= 15 is 0 Å². The molecule has 9 nitrogen and oxygen atoms in total. The first-order valence-electron chi connectivity index (χ1n) is 8.61. The zero-order valence-electron chi connectivity index (χ0n) is 14.6. The van der Waals surface area contributed by atoms with Crippen molar-refractivity contribution in [3.63, 3.8) is 0 Å². The van der Waals surface area contributed by atoms with Gasteiger partial charge in [-0.25, -0.2) is 9.97 Å². The van der Waals surface area contributed by atoms with E-state index in [1.54, 1.807) is 24.9 Å². The molecule has 0 bridgehead atoms. The van der Waals surface area contributed by atoms with Crippen molar-refractivity contribution < 1.29 is 4.52 Å². The summed E-state index contributed by atoms with van der Waals surface area (Å²) in [5, 5.41) is 12.1. The lowest BCUT2D eigenvalue weighted by Crippen LogP contribution is -2.34. The molecule has 4 aromatic rings. The Morgan fingerprint density at radius 3 is 2.85 bits per heavy atom. The molecule has 0 atom stereocenters. The summed E-state index contributed by atoms with van der Waals surface area (Å²) in [4.78, 5) is 15.6. The monoisotopic (exact) mass is 360 g/mol. The maximum atomic E-state index is 5.45. The maximum Gasteiger partial charge on any atom is 0.226 e. The number of anilines is 1. The molecule has 1 aliphatic heterocycles. The molecular weight excluding hydrogens is 344 g/mol. The average Bonchev–Trinajstić information content (AvgIpc) is 3.36. The van der Waals surface area contributed by atoms with Crippen LogP contribution < -0.4 is 4.90 Å². The van der Waals surface area contributed by atoms with Gasteiger partial charge in [0.1, 0.15) is 6.33 Å². The van der Waals surface area contributed by atoms with Crippen molar-refractivity contribution in [3.05, 3.63) is 54.6 Å². The van der Waals surface area contributed by atoms with Crippen molar-refractivity contribution in [2.45, 2.75) is 20.0 Å². The van der Waals surface area contributed by atoms with Gasteiger partial charge in [-0.3, -0.25) is 4.98 Å². The molecule has 0 unspecified atom stereocenters. The van der Waals surface area contributed by atoms with Crippen LogP contribution in [0.5, 0.6) is 0 Å². The minimum Gasteiger partial charge on any atom is -0.356 e. The first kappa shape index (κ1) is 15.6. The van der Waals surface area contributed by atoms with Crippen molar-refractivity contribution in [1.29, 1.82) is 0 Å². The van der Waals surface area contributed by atoms with E-state index in [2.05, 4.69) is 30.2 Å². The Kier molecular flexibility index (Phi) is 3.63. The number of nitrogens with zero attached hydrogens (tertiary/aromatic N) is 8. The Labute approximate surface area is 154 Å². The lowest BCUT2D eigenvalue weighted by atomic mass is 10.1. The third kappa shape index (κ3) is 2.82. The molecule has 0 fully saturated rings. The van der Waals surface area contributed by atoms with Crippen molar-refractivity contribution in [1.82, 2.24) is 34.9 Å². The summed E-state index contributed by atoms with van der Waals surface area (Å²) < 4.78 is 7.50. The summed E-state index contributed by atoms with van der Waals surface area (Å²) in [6.07, 6.45) is 7.04. The van der Waals surface area contributed by atoms with E-state index in [0.29, 0.717) is 18.3 Å². The SMILES string of the molecule is Cc1cc(-c2cnc(N3CCn4cnnc4C3)nc2-c2ccncc2)on1. The summed E-state index contributed by atoms with van der Waals surface area (Å²) in [6, 6.07) is 5.73. The van der Waals surface area contributed by atoms with Crippen LogP contribution in [0.25, 0.3) is 22.6 Å². The number of fused-ring (bicyclic) bond motifs is 1. The van der Waals surface area contributed by atoms with Crippen LogP contribution >= 0.6 is 0 Å². The second-order valence-electron chi connectivity index (χ2n) is 6.36. The fourth-order valence-corrected chi connectivity index (χ4v) is 3.16. The third-order valence-corrected chi connectivity index (χ3v) is 4.54. The normalized spacial score (nSPS) is 13.6. The molecule has 5 rings (SSSR count). The zero-order valence-corrected chi connectivity index (χ0v) is 14.6. The summed E-state index contributed by atoms with van der Waals surface area (Å²) in [6.45, 7) is 4.11. The number of aryl methyl sites for hydroxylation is 1. The molecule has 5 heterocycles. The molecule has 0 radical (unpaired) electrons. The Morgan fingerprint density at radius 2 is 2.04 bits per heavy atom. The number of hydrogen-bond acceptors (Lipinski definition) is 8. The Morgan fingerprint density at radius 1 is 1.15 bits per heavy atom. The van der Waals surface area contributed by atoms with Crippen molar-refractivity contribution in [3.8, 4) is 22.6 Å². The van der Waals surface area contributed by atoms with Gasteiger partial charge in [0, 0.05) is 43.3 Å². The molecule has 0 aliphatic carbocycles. The first-order valence-corrected chi connectivity index (χ1v) is 8.61. The fraction of sp³-hybridized carbons (Fsp3) is 0.222. The summed E-state index contributed by atoms with van der Waals surface area (Å²) >= 11 is 0. The largest absolute Gasteiger partial charge is 0.356 e. The Hall–Kier alpha value is -3.62. The first-order chi connectivity index (χ1) is 13.3. The van der Waals surface area contributed by atoms with E-state index in [4.69, 9.17) is 9.51 Å². The number of hydrogen-bond donors (Lipinski definition) is 0. The van der Waals surface area contributed by atoms with Crippen LogP contribution in [0.1, 0.15) is 11.5 Å². The van der Waals surface area contributed by atoms with Crippen molar-refractivity contribution in [2.24, 2.45) is 0 Å². The zero-order chi connectivity index (χ0) is 18.2. The van der Waals surface area contributed by atoms with Crippen molar-refractivity contribution in [2.75, 3.05) is 11.4 Å². The summed E-state index contributed by atoms with van der Waals surface area (Å²) in [5.41, 5.74) is 3.33. The molecular formula is C18H16N8O. The van der Waals surface area contributed by atoms with Gasteiger partial charge in [-0.1, -0.05) is 5.16 Å². The highest BCUT2D eigenvalue weighted by molar-refractivity contribution is 5.78. The fourth-order valence-electron chi connectivity index (χ4n) is 3.16. The van der Waals surface area contributed by atoms with E-state index in [0.717, 1.165) is 41.4 Å². The number of rotatable bonds is 3. The second kappa shape index (κ2) is 6.27. The van der Waals surface area contributed by atoms with E-state index in [-0.39, 0.29) is 0 Å². The standard InChI is InChI=1S/C18H16N8O/c1-12-8-15(27-24-12)14-9-20-18(22-17(14)13-2-4-19-5-3-13)25-6-7-26-11-21-23-16(26)10-25/h2-5,8-9,11H,6-7,10H2,1H3. The maximum absolute atomic E-state index is 5.45. The topological polar surface area (TPSA) is 98.7 Å². The smallest absolute Gasteiger partial charge is 0.226 e. The van der Waals surface area contributed by atoms with Crippen LogP contribution in [0.4, 0.5) is 5.95 Å². The Bertz CT molecular complexity index is 1090. The van der Waals surface area contributed by atoms with Gasteiger partial charge in [-0.15, -0.1) is 10.2 Å². The summed E-state index contributed by atoms with van der Waals surface area (Å²) in [7, 11) is 0. The van der Waals surface area contributed by atoms with Gasteiger partial charge < -0.3 is 14.0 Å². The van der Waals surface area contributed by atoms with Gasteiger partial charge in [0.05, 0.1) is 23.5 Å². The highest BCUT2D eigenvalue weighted by Gasteiger charge is 2.22. The van der Waals surface area contributed by atoms with Crippen LogP contribution in [0.15, 0.2) is 47.6 Å². The molecule has 0 saturated carbocycles. The molecule has 0 amide bonds. The summed E-state index contributed by atoms with van der Waals surface area (Å²) in [5.74, 6) is 2.20. The van der Waals surface area contributed by atoms with Crippen molar-refractivity contribution >= 4 is 5.95 Å². The minimum atomic E-state index is 0.622. The van der Waals surface area contributed by atoms with Gasteiger partial charge in [0.25, 0.3) is 0 Å². The second-order valence-corrected chi connectivity index (χ2v) is 6.36. The molecule has 9 heteroatoms. The van der Waals surface area contributed by atoms with Gasteiger partial charge in [-0.2, -0.15) is 0 Å². The van der Waals surface area contributed by atoms with Gasteiger partial charge in [-0.05, 0) is 19.1 Å². The molecule has 1 aliphatic rings. The van der Waals surface area contributed by atoms with E-state index in [9.17, 15) is 0 Å².